The minimum Gasteiger partial charge on any atom is -0.456 e. The summed E-state index contributed by atoms with van der Waals surface area (Å²) in [5.74, 6) is 1.87. The molecule has 0 aliphatic carbocycles. The fourth-order valence-corrected chi connectivity index (χ4v) is 9.24. The van der Waals surface area contributed by atoms with E-state index in [1.165, 1.54) is 16.2 Å². The standard InChI is InChI=1S/C52H30N4OS/c1-2-13-33(14-3-1)49-54-50(37-23-21-31-11-4-6-15-34(31)25-37)56-51(55-49)42-28-39(27-36-17-8-9-18-40(36)42)41-19-10-20-45-48(41)43-29-47-44(30-46(43)57-45)53-52(58-47)38-24-22-32-12-5-7-16-35(32)26-38/h1-30H. The summed E-state index contributed by atoms with van der Waals surface area (Å²) in [6.45, 7) is 0. The molecule has 12 aromatic rings. The monoisotopic (exact) mass is 758 g/mol. The van der Waals surface area contributed by atoms with Crippen LogP contribution in [0.4, 0.5) is 0 Å². The second-order valence-corrected chi connectivity index (χ2v) is 15.7. The van der Waals surface area contributed by atoms with Gasteiger partial charge in [0, 0.05) is 39.1 Å². The fourth-order valence-electron chi connectivity index (χ4n) is 8.25. The maximum Gasteiger partial charge on any atom is 0.164 e. The fraction of sp³-hybridized carbons (Fsp3) is 0. The lowest BCUT2D eigenvalue weighted by Gasteiger charge is -2.13. The Morgan fingerprint density at radius 1 is 0.362 bits per heavy atom. The summed E-state index contributed by atoms with van der Waals surface area (Å²) in [5, 5.41) is 10.0. The SMILES string of the molecule is c1ccc(-c2nc(-c3ccc4ccccc4c3)nc(-c3cc(-c4cccc5oc6cc7nc(-c8ccc9ccccc9c8)sc7cc6c45)cc4ccccc34)n2)cc1. The molecule has 5 nitrogen and oxygen atoms in total. The van der Waals surface area contributed by atoms with Gasteiger partial charge in [0.1, 0.15) is 16.2 Å². The molecule has 0 unspecified atom stereocenters. The van der Waals surface area contributed by atoms with Gasteiger partial charge < -0.3 is 4.42 Å². The molecule has 12 rings (SSSR count). The summed E-state index contributed by atoms with van der Waals surface area (Å²) >= 11 is 1.71. The van der Waals surface area contributed by atoms with Crippen molar-refractivity contribution in [3.63, 3.8) is 0 Å². The minimum absolute atomic E-state index is 0.617. The highest BCUT2D eigenvalue weighted by Gasteiger charge is 2.20. The molecule has 6 heteroatoms. The molecule has 0 atom stereocenters. The molecule has 0 saturated carbocycles. The van der Waals surface area contributed by atoms with Crippen molar-refractivity contribution >= 4 is 75.8 Å². The Kier molecular flexibility index (Phi) is 7.33. The van der Waals surface area contributed by atoms with Crippen LogP contribution in [0, 0.1) is 0 Å². The molecule has 3 aromatic heterocycles. The first-order valence-corrected chi connectivity index (χ1v) is 20.1. The second kappa shape index (κ2) is 13.0. The van der Waals surface area contributed by atoms with Crippen molar-refractivity contribution in [2.75, 3.05) is 0 Å². The highest BCUT2D eigenvalue weighted by Crippen LogP contribution is 2.43. The molecular formula is C52H30N4OS. The van der Waals surface area contributed by atoms with Crippen LogP contribution < -0.4 is 0 Å². The molecule has 0 saturated heterocycles. The van der Waals surface area contributed by atoms with Crippen LogP contribution in [-0.2, 0) is 0 Å². The van der Waals surface area contributed by atoms with E-state index < -0.39 is 0 Å². The number of benzene rings is 9. The van der Waals surface area contributed by atoms with E-state index in [9.17, 15) is 0 Å². The van der Waals surface area contributed by atoms with Gasteiger partial charge in [0.25, 0.3) is 0 Å². The third-order valence-corrected chi connectivity index (χ3v) is 12.2. The average molecular weight is 759 g/mol. The van der Waals surface area contributed by atoms with E-state index in [0.717, 1.165) is 86.7 Å². The third kappa shape index (κ3) is 5.45. The van der Waals surface area contributed by atoms with Crippen LogP contribution in [0.2, 0.25) is 0 Å². The molecule has 0 radical (unpaired) electrons. The molecule has 0 N–H and O–H groups in total. The van der Waals surface area contributed by atoms with Crippen LogP contribution in [0.1, 0.15) is 0 Å². The molecule has 270 valence electrons. The van der Waals surface area contributed by atoms with Gasteiger partial charge in [-0.25, -0.2) is 19.9 Å². The molecule has 0 aliphatic rings. The van der Waals surface area contributed by atoms with E-state index in [4.69, 9.17) is 24.4 Å². The zero-order valence-corrected chi connectivity index (χ0v) is 31.7. The van der Waals surface area contributed by atoms with Crippen molar-refractivity contribution in [1.82, 2.24) is 19.9 Å². The van der Waals surface area contributed by atoms with Crippen molar-refractivity contribution < 1.29 is 4.42 Å². The summed E-state index contributed by atoms with van der Waals surface area (Å²) in [7, 11) is 0. The predicted octanol–water partition coefficient (Wildman–Crippen LogP) is 14.2. The van der Waals surface area contributed by atoms with Gasteiger partial charge in [0.15, 0.2) is 17.5 Å². The number of nitrogens with zero attached hydrogens (tertiary/aromatic N) is 4. The molecule has 0 bridgehead atoms. The van der Waals surface area contributed by atoms with Gasteiger partial charge in [-0.15, -0.1) is 11.3 Å². The van der Waals surface area contributed by atoms with E-state index >= 15 is 0 Å². The van der Waals surface area contributed by atoms with Crippen LogP contribution >= 0.6 is 11.3 Å². The van der Waals surface area contributed by atoms with Crippen LogP contribution in [0.5, 0.6) is 0 Å². The van der Waals surface area contributed by atoms with Gasteiger partial charge in [-0.05, 0) is 79.8 Å². The molecule has 3 heterocycles. The third-order valence-electron chi connectivity index (χ3n) is 11.1. The van der Waals surface area contributed by atoms with Gasteiger partial charge >= 0.3 is 0 Å². The number of fused-ring (bicyclic) bond motifs is 7. The quantitative estimate of drug-likeness (QED) is 0.175. The van der Waals surface area contributed by atoms with E-state index in [1.807, 2.05) is 30.3 Å². The van der Waals surface area contributed by atoms with Gasteiger partial charge in [0.05, 0.1) is 10.2 Å². The lowest BCUT2D eigenvalue weighted by atomic mass is 9.93. The minimum atomic E-state index is 0.617. The van der Waals surface area contributed by atoms with Gasteiger partial charge in [-0.3, -0.25) is 0 Å². The first-order valence-electron chi connectivity index (χ1n) is 19.3. The Morgan fingerprint density at radius 2 is 1.00 bits per heavy atom. The summed E-state index contributed by atoms with van der Waals surface area (Å²) in [4.78, 5) is 20.5. The highest BCUT2D eigenvalue weighted by molar-refractivity contribution is 7.21. The Hall–Kier alpha value is -7.54. The topological polar surface area (TPSA) is 64.7 Å². The molecule has 0 aliphatic heterocycles. The lowest BCUT2D eigenvalue weighted by molar-refractivity contribution is 0.669. The number of aromatic nitrogens is 4. The van der Waals surface area contributed by atoms with Crippen LogP contribution in [0.15, 0.2) is 186 Å². The maximum absolute atomic E-state index is 6.59. The normalized spacial score (nSPS) is 11.8. The molecule has 0 fully saturated rings. The summed E-state index contributed by atoms with van der Waals surface area (Å²) in [6.07, 6.45) is 0. The largest absolute Gasteiger partial charge is 0.456 e. The van der Waals surface area contributed by atoms with E-state index in [0.29, 0.717) is 17.5 Å². The lowest BCUT2D eigenvalue weighted by Crippen LogP contribution is -2.01. The van der Waals surface area contributed by atoms with Crippen LogP contribution in [0.25, 0.3) is 120 Å². The van der Waals surface area contributed by atoms with Crippen LogP contribution in [-0.4, -0.2) is 19.9 Å². The van der Waals surface area contributed by atoms with Crippen molar-refractivity contribution in [3.8, 4) is 55.9 Å². The van der Waals surface area contributed by atoms with Crippen molar-refractivity contribution in [3.05, 3.63) is 182 Å². The first-order chi connectivity index (χ1) is 28.7. The number of thiazole rings is 1. The number of furan rings is 1. The van der Waals surface area contributed by atoms with Crippen LogP contribution in [0.3, 0.4) is 0 Å². The molecule has 0 amide bonds. The van der Waals surface area contributed by atoms with Gasteiger partial charge in [-0.2, -0.15) is 0 Å². The smallest absolute Gasteiger partial charge is 0.164 e. The van der Waals surface area contributed by atoms with E-state index in [2.05, 4.69) is 152 Å². The Bertz CT molecular complexity index is 3590. The second-order valence-electron chi connectivity index (χ2n) is 14.7. The molecule has 58 heavy (non-hydrogen) atoms. The Morgan fingerprint density at radius 3 is 1.79 bits per heavy atom. The zero-order valence-electron chi connectivity index (χ0n) is 30.9. The van der Waals surface area contributed by atoms with Gasteiger partial charge in [0.2, 0.25) is 0 Å². The highest BCUT2D eigenvalue weighted by atomic mass is 32.1. The van der Waals surface area contributed by atoms with E-state index in [-0.39, 0.29) is 0 Å². The predicted molar refractivity (Wildman–Crippen MR) is 240 cm³/mol. The van der Waals surface area contributed by atoms with Crippen molar-refractivity contribution in [2.45, 2.75) is 0 Å². The molecule has 9 aromatic carbocycles. The molecule has 0 spiro atoms. The Balaban J connectivity index is 1.04. The first kappa shape index (κ1) is 32.7. The number of rotatable bonds is 5. The number of hydrogen-bond donors (Lipinski definition) is 0. The number of hydrogen-bond acceptors (Lipinski definition) is 6. The summed E-state index contributed by atoms with van der Waals surface area (Å²) in [6, 6.07) is 63.5. The maximum atomic E-state index is 6.59. The van der Waals surface area contributed by atoms with Crippen molar-refractivity contribution in [1.29, 1.82) is 0 Å². The molecular weight excluding hydrogens is 729 g/mol. The van der Waals surface area contributed by atoms with Crippen molar-refractivity contribution in [2.24, 2.45) is 0 Å². The Labute approximate surface area is 336 Å². The summed E-state index contributed by atoms with van der Waals surface area (Å²) < 4.78 is 7.71. The average Bonchev–Trinajstić information content (AvgIpc) is 3.88. The summed E-state index contributed by atoms with van der Waals surface area (Å²) in [5.41, 5.74) is 8.63. The van der Waals surface area contributed by atoms with Gasteiger partial charge in [-0.1, -0.05) is 140 Å². The van der Waals surface area contributed by atoms with E-state index in [1.54, 1.807) is 11.3 Å². The zero-order chi connectivity index (χ0) is 38.2.